The van der Waals surface area contributed by atoms with Crippen molar-refractivity contribution in [2.24, 2.45) is 5.73 Å². The smallest absolute Gasteiger partial charge is 0.118 e. The molecule has 0 bridgehead atoms. The fourth-order valence-electron chi connectivity index (χ4n) is 3.44. The third kappa shape index (κ3) is 2.82. The standard InChI is InChI=1S/C16H24N2O2/c1-19-13-7-5-12(6-8-13)14(17)11-18-9-10-20-16-4-2-3-15(16)18/h5-8,14-16H,2-4,9-11,17H2,1H3. The van der Waals surface area contributed by atoms with Crippen molar-refractivity contribution in [3.8, 4) is 5.75 Å². The summed E-state index contributed by atoms with van der Waals surface area (Å²) < 4.78 is 11.0. The zero-order valence-corrected chi connectivity index (χ0v) is 12.1. The maximum Gasteiger partial charge on any atom is 0.118 e. The lowest BCUT2D eigenvalue weighted by Gasteiger charge is -2.39. The van der Waals surface area contributed by atoms with Gasteiger partial charge in [-0.1, -0.05) is 12.1 Å². The highest BCUT2D eigenvalue weighted by molar-refractivity contribution is 5.29. The second-order valence-corrected chi connectivity index (χ2v) is 5.78. The van der Waals surface area contributed by atoms with Crippen LogP contribution in [0.1, 0.15) is 30.9 Å². The summed E-state index contributed by atoms with van der Waals surface area (Å²) in [6.45, 7) is 2.76. The lowest BCUT2D eigenvalue weighted by molar-refractivity contribution is -0.0571. The van der Waals surface area contributed by atoms with Gasteiger partial charge in [0.15, 0.2) is 0 Å². The van der Waals surface area contributed by atoms with E-state index in [-0.39, 0.29) is 6.04 Å². The molecule has 1 heterocycles. The van der Waals surface area contributed by atoms with Crippen LogP contribution in [-0.4, -0.2) is 43.9 Å². The van der Waals surface area contributed by atoms with E-state index in [0.717, 1.165) is 25.4 Å². The van der Waals surface area contributed by atoms with Crippen LogP contribution in [0.3, 0.4) is 0 Å². The van der Waals surface area contributed by atoms with Crippen molar-refractivity contribution in [3.05, 3.63) is 29.8 Å². The summed E-state index contributed by atoms with van der Waals surface area (Å²) in [6.07, 6.45) is 4.18. The van der Waals surface area contributed by atoms with Gasteiger partial charge in [-0.05, 0) is 37.0 Å². The molecule has 1 aliphatic heterocycles. The van der Waals surface area contributed by atoms with Gasteiger partial charge in [-0.25, -0.2) is 0 Å². The number of benzene rings is 1. The summed E-state index contributed by atoms with van der Waals surface area (Å²) in [6, 6.07) is 8.72. The molecule has 4 nitrogen and oxygen atoms in total. The molecule has 3 rings (SSSR count). The second kappa shape index (κ2) is 6.12. The van der Waals surface area contributed by atoms with E-state index in [1.54, 1.807) is 7.11 Å². The van der Waals surface area contributed by atoms with E-state index < -0.39 is 0 Å². The molecule has 0 radical (unpaired) electrons. The summed E-state index contributed by atoms with van der Waals surface area (Å²) in [5.74, 6) is 0.878. The molecule has 3 unspecified atom stereocenters. The molecule has 2 aliphatic rings. The lowest BCUT2D eigenvalue weighted by atomic mass is 10.0. The van der Waals surface area contributed by atoms with E-state index >= 15 is 0 Å². The minimum absolute atomic E-state index is 0.0558. The van der Waals surface area contributed by atoms with E-state index in [9.17, 15) is 0 Å². The van der Waals surface area contributed by atoms with Crippen LogP contribution in [0.25, 0.3) is 0 Å². The Kier molecular flexibility index (Phi) is 4.24. The van der Waals surface area contributed by atoms with Crippen LogP contribution >= 0.6 is 0 Å². The molecule has 2 fully saturated rings. The van der Waals surface area contributed by atoms with E-state index in [1.165, 1.54) is 24.8 Å². The molecule has 3 atom stereocenters. The molecule has 1 saturated carbocycles. The highest BCUT2D eigenvalue weighted by atomic mass is 16.5. The maximum atomic E-state index is 6.38. The number of nitrogens with two attached hydrogens (primary N) is 1. The SMILES string of the molecule is COc1ccc(C(N)CN2CCOC3CCCC32)cc1. The van der Waals surface area contributed by atoms with Crippen molar-refractivity contribution < 1.29 is 9.47 Å². The Bertz CT molecular complexity index is 435. The summed E-state index contributed by atoms with van der Waals surface area (Å²) >= 11 is 0. The fraction of sp³-hybridized carbons (Fsp3) is 0.625. The molecule has 0 spiro atoms. The van der Waals surface area contributed by atoms with Gasteiger partial charge >= 0.3 is 0 Å². The van der Waals surface area contributed by atoms with Gasteiger partial charge in [0.1, 0.15) is 5.75 Å². The molecular formula is C16H24N2O2. The molecule has 2 N–H and O–H groups in total. The first-order valence-electron chi connectivity index (χ1n) is 7.53. The van der Waals surface area contributed by atoms with Gasteiger partial charge < -0.3 is 15.2 Å². The Hall–Kier alpha value is -1.10. The highest BCUT2D eigenvalue weighted by Crippen LogP contribution is 2.30. The van der Waals surface area contributed by atoms with Crippen molar-refractivity contribution in [1.82, 2.24) is 4.90 Å². The molecule has 1 saturated heterocycles. The Morgan fingerprint density at radius 3 is 2.90 bits per heavy atom. The van der Waals surface area contributed by atoms with Crippen molar-refractivity contribution in [1.29, 1.82) is 0 Å². The van der Waals surface area contributed by atoms with Gasteiger partial charge in [0.05, 0.1) is 19.8 Å². The largest absolute Gasteiger partial charge is 0.497 e. The van der Waals surface area contributed by atoms with Crippen LogP contribution in [0.2, 0.25) is 0 Å². The van der Waals surface area contributed by atoms with Crippen LogP contribution in [0.15, 0.2) is 24.3 Å². The van der Waals surface area contributed by atoms with Crippen molar-refractivity contribution in [2.45, 2.75) is 37.5 Å². The van der Waals surface area contributed by atoms with E-state index in [2.05, 4.69) is 17.0 Å². The zero-order valence-electron chi connectivity index (χ0n) is 12.1. The number of morpholine rings is 1. The quantitative estimate of drug-likeness (QED) is 0.913. The molecule has 1 aliphatic carbocycles. The van der Waals surface area contributed by atoms with Gasteiger partial charge in [0, 0.05) is 25.2 Å². The van der Waals surface area contributed by atoms with Crippen LogP contribution in [0.5, 0.6) is 5.75 Å². The van der Waals surface area contributed by atoms with Crippen molar-refractivity contribution in [2.75, 3.05) is 26.8 Å². The van der Waals surface area contributed by atoms with Crippen molar-refractivity contribution >= 4 is 0 Å². The average molecular weight is 276 g/mol. The number of methoxy groups -OCH3 is 1. The molecule has 0 amide bonds. The van der Waals surface area contributed by atoms with Gasteiger partial charge in [0.25, 0.3) is 0 Å². The number of ether oxygens (including phenoxy) is 2. The number of hydrogen-bond acceptors (Lipinski definition) is 4. The first-order chi connectivity index (χ1) is 9.78. The summed E-state index contributed by atoms with van der Waals surface area (Å²) in [5, 5.41) is 0. The van der Waals surface area contributed by atoms with Crippen LogP contribution in [0.4, 0.5) is 0 Å². The highest BCUT2D eigenvalue weighted by Gasteiger charge is 2.36. The predicted molar refractivity (Wildman–Crippen MR) is 78.9 cm³/mol. The van der Waals surface area contributed by atoms with Crippen LogP contribution in [-0.2, 0) is 4.74 Å². The van der Waals surface area contributed by atoms with Gasteiger partial charge in [-0.3, -0.25) is 4.90 Å². The third-order valence-electron chi connectivity index (χ3n) is 4.57. The monoisotopic (exact) mass is 276 g/mol. The minimum atomic E-state index is 0.0558. The number of fused-ring (bicyclic) bond motifs is 1. The number of rotatable bonds is 4. The normalized spacial score (nSPS) is 28.1. The maximum absolute atomic E-state index is 6.38. The average Bonchev–Trinajstić information content (AvgIpc) is 2.97. The number of nitrogens with zero attached hydrogens (tertiary/aromatic N) is 1. The Morgan fingerprint density at radius 2 is 2.15 bits per heavy atom. The second-order valence-electron chi connectivity index (χ2n) is 5.78. The van der Waals surface area contributed by atoms with Crippen LogP contribution in [0, 0.1) is 0 Å². The summed E-state index contributed by atoms with van der Waals surface area (Å²) in [7, 11) is 1.68. The zero-order chi connectivity index (χ0) is 13.9. The molecule has 1 aromatic rings. The minimum Gasteiger partial charge on any atom is -0.497 e. The first kappa shape index (κ1) is 13.9. The van der Waals surface area contributed by atoms with E-state index in [1.807, 2.05) is 12.1 Å². The Morgan fingerprint density at radius 1 is 1.35 bits per heavy atom. The molecular weight excluding hydrogens is 252 g/mol. The molecule has 0 aromatic heterocycles. The number of hydrogen-bond donors (Lipinski definition) is 1. The molecule has 4 heteroatoms. The fourth-order valence-corrected chi connectivity index (χ4v) is 3.44. The lowest BCUT2D eigenvalue weighted by Crippen LogP contribution is -2.50. The van der Waals surface area contributed by atoms with E-state index in [4.69, 9.17) is 15.2 Å². The summed E-state index contributed by atoms with van der Waals surface area (Å²) in [5.41, 5.74) is 7.55. The van der Waals surface area contributed by atoms with E-state index in [0.29, 0.717) is 12.1 Å². The molecule has 110 valence electrons. The topological polar surface area (TPSA) is 47.7 Å². The third-order valence-corrected chi connectivity index (χ3v) is 4.57. The van der Waals surface area contributed by atoms with Gasteiger partial charge in [-0.15, -0.1) is 0 Å². The predicted octanol–water partition coefficient (Wildman–Crippen LogP) is 1.95. The first-order valence-corrected chi connectivity index (χ1v) is 7.53. The molecule has 1 aromatic carbocycles. The van der Waals surface area contributed by atoms with Crippen molar-refractivity contribution in [3.63, 3.8) is 0 Å². The Labute approximate surface area is 120 Å². The molecule has 20 heavy (non-hydrogen) atoms. The Balaban J connectivity index is 1.63. The van der Waals surface area contributed by atoms with Gasteiger partial charge in [0.2, 0.25) is 0 Å². The van der Waals surface area contributed by atoms with Crippen LogP contribution < -0.4 is 10.5 Å². The summed E-state index contributed by atoms with van der Waals surface area (Å²) in [4.78, 5) is 2.52. The van der Waals surface area contributed by atoms with Gasteiger partial charge in [-0.2, -0.15) is 0 Å².